The number of rotatable bonds is 7. The van der Waals surface area contributed by atoms with Gasteiger partial charge in [0.2, 0.25) is 5.91 Å². The van der Waals surface area contributed by atoms with E-state index in [2.05, 4.69) is 5.32 Å². The van der Waals surface area contributed by atoms with Gasteiger partial charge in [0, 0.05) is 12.2 Å². The Kier molecular flexibility index (Phi) is 6.16. The van der Waals surface area contributed by atoms with E-state index in [1.54, 1.807) is 24.3 Å². The second-order valence-electron chi connectivity index (χ2n) is 4.75. The molecule has 0 aromatic heterocycles. The first-order valence-electron chi connectivity index (χ1n) is 6.72. The van der Waals surface area contributed by atoms with Crippen molar-refractivity contribution in [3.8, 4) is 0 Å². The molecule has 0 aliphatic heterocycles. The first kappa shape index (κ1) is 16.7. The Labute approximate surface area is 120 Å². The van der Waals surface area contributed by atoms with Gasteiger partial charge in [-0.2, -0.15) is 0 Å². The monoisotopic (exact) mass is 298 g/mol. The second kappa shape index (κ2) is 7.40. The molecule has 6 heteroatoms. The van der Waals surface area contributed by atoms with Crippen molar-refractivity contribution in [3.05, 3.63) is 29.8 Å². The topological polar surface area (TPSA) is 89.3 Å². The van der Waals surface area contributed by atoms with Crippen molar-refractivity contribution in [1.29, 1.82) is 0 Å². The Bertz CT molecular complexity index is 538. The van der Waals surface area contributed by atoms with Crippen LogP contribution in [0.1, 0.15) is 32.3 Å². The van der Waals surface area contributed by atoms with Gasteiger partial charge in [-0.25, -0.2) is 8.42 Å². The summed E-state index contributed by atoms with van der Waals surface area (Å²) in [4.78, 5) is 12.0. The summed E-state index contributed by atoms with van der Waals surface area (Å²) in [6, 6.07) is 7.02. The van der Waals surface area contributed by atoms with Gasteiger partial charge in [0.05, 0.1) is 5.75 Å². The lowest BCUT2D eigenvalue weighted by Crippen LogP contribution is -2.34. The highest BCUT2D eigenvalue weighted by Crippen LogP contribution is 2.12. The van der Waals surface area contributed by atoms with Crippen LogP contribution in [0.15, 0.2) is 24.3 Å². The van der Waals surface area contributed by atoms with Crippen molar-refractivity contribution in [3.63, 3.8) is 0 Å². The Morgan fingerprint density at radius 3 is 2.40 bits per heavy atom. The van der Waals surface area contributed by atoms with Crippen LogP contribution in [0.5, 0.6) is 0 Å². The second-order valence-corrected chi connectivity index (χ2v) is 7.19. The number of sulfone groups is 1. The lowest BCUT2D eigenvalue weighted by atomic mass is 10.2. The van der Waals surface area contributed by atoms with E-state index >= 15 is 0 Å². The minimum Gasteiger partial charge on any atom is -0.326 e. The fourth-order valence-corrected chi connectivity index (χ4v) is 3.08. The normalized spacial score (nSPS) is 12.9. The molecule has 0 bridgehead atoms. The zero-order chi connectivity index (χ0) is 15.2. The molecule has 0 aliphatic rings. The van der Waals surface area contributed by atoms with Crippen molar-refractivity contribution in [2.45, 2.75) is 38.5 Å². The van der Waals surface area contributed by atoms with E-state index in [1.165, 1.54) is 6.92 Å². The largest absolute Gasteiger partial charge is 0.326 e. The maximum absolute atomic E-state index is 12.0. The summed E-state index contributed by atoms with van der Waals surface area (Å²) in [6.07, 6.45) is 1.36. The van der Waals surface area contributed by atoms with E-state index in [0.29, 0.717) is 18.7 Å². The third kappa shape index (κ3) is 4.61. The molecular weight excluding hydrogens is 276 g/mol. The number of carbonyl (C=O) groups excluding carboxylic acids is 1. The number of hydrogen-bond donors (Lipinski definition) is 2. The molecule has 5 nitrogen and oxygen atoms in total. The first-order valence-corrected chi connectivity index (χ1v) is 8.43. The van der Waals surface area contributed by atoms with Gasteiger partial charge in [-0.05, 0) is 31.0 Å². The molecule has 1 unspecified atom stereocenters. The zero-order valence-corrected chi connectivity index (χ0v) is 12.7. The predicted octanol–water partition coefficient (Wildman–Crippen LogP) is 1.69. The number of hydrogen-bond acceptors (Lipinski definition) is 4. The Balaban J connectivity index is 2.69. The van der Waals surface area contributed by atoms with Crippen LogP contribution in [-0.4, -0.2) is 25.3 Å². The lowest BCUT2D eigenvalue weighted by molar-refractivity contribution is -0.115. The number of anilines is 1. The quantitative estimate of drug-likeness (QED) is 0.801. The number of carbonyl (C=O) groups is 1. The first-order chi connectivity index (χ1) is 9.40. The Morgan fingerprint density at radius 2 is 1.90 bits per heavy atom. The Hall–Kier alpha value is -1.40. The minimum atomic E-state index is -3.39. The van der Waals surface area contributed by atoms with Crippen molar-refractivity contribution < 1.29 is 13.2 Å². The standard InChI is InChI=1S/C14H22N2O3S/c1-3-4-9-20(18,19)11(2)14(17)16-13-7-5-12(10-15)6-8-13/h5-8,11H,3-4,9-10,15H2,1-2H3,(H,16,17). The highest BCUT2D eigenvalue weighted by Gasteiger charge is 2.27. The molecule has 1 amide bonds. The molecule has 0 fully saturated rings. The molecule has 0 saturated heterocycles. The third-order valence-corrected chi connectivity index (χ3v) is 5.30. The van der Waals surface area contributed by atoms with Gasteiger partial charge in [-0.15, -0.1) is 0 Å². The third-order valence-electron chi connectivity index (χ3n) is 3.15. The van der Waals surface area contributed by atoms with E-state index in [-0.39, 0.29) is 5.75 Å². The van der Waals surface area contributed by atoms with E-state index in [1.807, 2.05) is 6.92 Å². The summed E-state index contributed by atoms with van der Waals surface area (Å²) in [5.41, 5.74) is 7.01. The van der Waals surface area contributed by atoms with Crippen LogP contribution in [0.25, 0.3) is 0 Å². The summed E-state index contributed by atoms with van der Waals surface area (Å²) in [5, 5.41) is 1.58. The maximum Gasteiger partial charge on any atom is 0.242 e. The molecule has 0 radical (unpaired) electrons. The molecule has 1 aromatic carbocycles. The van der Waals surface area contributed by atoms with E-state index in [9.17, 15) is 13.2 Å². The molecule has 3 N–H and O–H groups in total. The van der Waals surface area contributed by atoms with Crippen LogP contribution in [0, 0.1) is 0 Å². The van der Waals surface area contributed by atoms with Crippen LogP contribution < -0.4 is 11.1 Å². The molecule has 1 atom stereocenters. The summed E-state index contributed by atoms with van der Waals surface area (Å²) >= 11 is 0. The van der Waals surface area contributed by atoms with Crippen LogP contribution in [0.2, 0.25) is 0 Å². The van der Waals surface area contributed by atoms with Crippen molar-refractivity contribution >= 4 is 21.4 Å². The van der Waals surface area contributed by atoms with Crippen molar-refractivity contribution in [2.24, 2.45) is 5.73 Å². The smallest absolute Gasteiger partial charge is 0.242 e. The van der Waals surface area contributed by atoms with Gasteiger partial charge < -0.3 is 11.1 Å². The van der Waals surface area contributed by atoms with Gasteiger partial charge in [-0.3, -0.25) is 4.79 Å². The average Bonchev–Trinajstić information content (AvgIpc) is 2.45. The maximum atomic E-state index is 12.0. The number of amides is 1. The molecule has 112 valence electrons. The molecule has 1 aromatic rings. The van der Waals surface area contributed by atoms with Crippen LogP contribution in [0.4, 0.5) is 5.69 Å². The van der Waals surface area contributed by atoms with E-state index in [4.69, 9.17) is 5.73 Å². The SMILES string of the molecule is CCCCS(=O)(=O)C(C)C(=O)Nc1ccc(CN)cc1. The summed E-state index contributed by atoms with van der Waals surface area (Å²) in [6.45, 7) is 3.77. The van der Waals surface area contributed by atoms with E-state index < -0.39 is 21.0 Å². The molecular formula is C14H22N2O3S. The fraction of sp³-hybridized carbons (Fsp3) is 0.500. The summed E-state index contributed by atoms with van der Waals surface area (Å²) in [5.74, 6) is -0.453. The molecule has 1 rings (SSSR count). The molecule has 0 aliphatic carbocycles. The summed E-state index contributed by atoms with van der Waals surface area (Å²) < 4.78 is 23.9. The Morgan fingerprint density at radius 1 is 1.30 bits per heavy atom. The average molecular weight is 298 g/mol. The minimum absolute atomic E-state index is 0.0458. The highest BCUT2D eigenvalue weighted by atomic mass is 32.2. The van der Waals surface area contributed by atoms with Gasteiger partial charge in [-0.1, -0.05) is 25.5 Å². The van der Waals surface area contributed by atoms with Crippen LogP contribution in [-0.2, 0) is 21.2 Å². The fourth-order valence-electron chi connectivity index (χ4n) is 1.65. The van der Waals surface area contributed by atoms with E-state index in [0.717, 1.165) is 12.0 Å². The predicted molar refractivity (Wildman–Crippen MR) is 81.1 cm³/mol. The van der Waals surface area contributed by atoms with Crippen molar-refractivity contribution in [1.82, 2.24) is 0 Å². The number of nitrogens with one attached hydrogen (secondary N) is 1. The molecule has 0 saturated carbocycles. The molecule has 0 heterocycles. The van der Waals surface area contributed by atoms with Crippen molar-refractivity contribution in [2.75, 3.05) is 11.1 Å². The summed E-state index contributed by atoms with van der Waals surface area (Å²) in [7, 11) is -3.39. The molecule has 0 spiro atoms. The van der Waals surface area contributed by atoms with Crippen LogP contribution in [0.3, 0.4) is 0 Å². The molecule has 20 heavy (non-hydrogen) atoms. The number of nitrogens with two attached hydrogens (primary N) is 1. The van der Waals surface area contributed by atoms with Gasteiger partial charge in [0.25, 0.3) is 0 Å². The zero-order valence-electron chi connectivity index (χ0n) is 11.9. The van der Waals surface area contributed by atoms with Gasteiger partial charge in [0.1, 0.15) is 5.25 Å². The lowest BCUT2D eigenvalue weighted by Gasteiger charge is -2.13. The number of unbranched alkanes of at least 4 members (excludes halogenated alkanes) is 1. The van der Waals surface area contributed by atoms with Gasteiger partial charge in [0.15, 0.2) is 9.84 Å². The van der Waals surface area contributed by atoms with Crippen LogP contribution >= 0.6 is 0 Å². The number of benzene rings is 1. The highest BCUT2D eigenvalue weighted by molar-refractivity contribution is 7.92. The van der Waals surface area contributed by atoms with Gasteiger partial charge >= 0.3 is 0 Å².